The Bertz CT molecular complexity index is 1590. The molecular weight excluding hydrogens is 456 g/mol. The van der Waals surface area contributed by atoms with Crippen molar-refractivity contribution in [3.8, 4) is 16.5 Å². The third-order valence-electron chi connectivity index (χ3n) is 5.96. The molecule has 12 heteroatoms. The van der Waals surface area contributed by atoms with Crippen LogP contribution in [0.1, 0.15) is 34.6 Å². The summed E-state index contributed by atoms with van der Waals surface area (Å²) in [6, 6.07) is 5.89. The summed E-state index contributed by atoms with van der Waals surface area (Å²) in [6.45, 7) is 1.24. The smallest absolute Gasteiger partial charge is 0.326 e. The van der Waals surface area contributed by atoms with Crippen molar-refractivity contribution in [2.75, 3.05) is 13.1 Å². The number of imidazole rings is 1. The molecule has 174 valence electrons. The summed E-state index contributed by atoms with van der Waals surface area (Å²) in [6.07, 6.45) is 6.10. The van der Waals surface area contributed by atoms with Gasteiger partial charge in [0, 0.05) is 30.4 Å². The summed E-state index contributed by atoms with van der Waals surface area (Å²) < 4.78 is 1.65. The minimum Gasteiger partial charge on any atom is -0.493 e. The fourth-order valence-electron chi connectivity index (χ4n) is 4.04. The highest BCUT2D eigenvalue weighted by molar-refractivity contribution is 7.17. The van der Waals surface area contributed by atoms with E-state index < -0.39 is 5.69 Å². The zero-order valence-electron chi connectivity index (χ0n) is 18.1. The summed E-state index contributed by atoms with van der Waals surface area (Å²) in [5, 5.41) is 15.0. The number of nitrogens with two attached hydrogens (primary N) is 1. The van der Waals surface area contributed by atoms with Gasteiger partial charge in [-0.05, 0) is 37.5 Å². The standard InChI is InChI=1S/C22H22N8O3S/c23-12-5-6-29(10-12)21(32)17-4-3-16(34-17)14-8-18(25-13-1-2-13)30-19(26-14)11(9-24-30)7-15-20(31)28-22(33)27-15/h3-4,7-9,12-13,31H,1-2,5-6,10,23H2,(H2,27,28,33)/b11-7+,25-18?. The molecule has 0 radical (unpaired) electrons. The molecule has 1 unspecified atom stereocenters. The molecule has 4 aromatic heterocycles. The minimum absolute atomic E-state index is 0.0153. The van der Waals surface area contributed by atoms with E-state index in [1.807, 2.05) is 18.2 Å². The molecule has 1 amide bonds. The number of hydrogen-bond acceptors (Lipinski definition) is 8. The molecule has 2 aliphatic rings. The lowest BCUT2D eigenvalue weighted by Crippen LogP contribution is -2.31. The highest BCUT2D eigenvalue weighted by Crippen LogP contribution is 2.28. The number of likely N-dealkylation sites (tertiary alicyclic amines) is 1. The molecule has 0 spiro atoms. The molecule has 34 heavy (non-hydrogen) atoms. The molecule has 1 saturated carbocycles. The molecule has 5 heterocycles. The second kappa shape index (κ2) is 7.92. The van der Waals surface area contributed by atoms with Crippen LogP contribution in [-0.2, 0) is 0 Å². The first-order valence-electron chi connectivity index (χ1n) is 11.1. The van der Waals surface area contributed by atoms with Gasteiger partial charge >= 0.3 is 5.69 Å². The molecule has 2 fully saturated rings. The monoisotopic (exact) mass is 478 g/mol. The lowest BCUT2D eigenvalue weighted by molar-refractivity contribution is 0.0795. The fourth-order valence-corrected chi connectivity index (χ4v) is 4.98. The third kappa shape index (κ3) is 3.80. The second-order valence-electron chi connectivity index (χ2n) is 8.64. The van der Waals surface area contributed by atoms with E-state index in [0.29, 0.717) is 40.0 Å². The topological polar surface area (TPSA) is 158 Å². The quantitative estimate of drug-likeness (QED) is 0.322. The van der Waals surface area contributed by atoms with Crippen LogP contribution in [0.2, 0.25) is 0 Å². The summed E-state index contributed by atoms with van der Waals surface area (Å²) in [7, 11) is 0. The number of rotatable bonds is 4. The van der Waals surface area contributed by atoms with Crippen molar-refractivity contribution in [3.05, 3.63) is 56.2 Å². The lowest BCUT2D eigenvalue weighted by atomic mass is 10.3. The molecule has 1 saturated heterocycles. The van der Waals surface area contributed by atoms with Crippen molar-refractivity contribution in [1.29, 1.82) is 0 Å². The number of aromatic hydroxyl groups is 1. The number of carbonyl (C=O) groups is 1. The predicted molar refractivity (Wildman–Crippen MR) is 125 cm³/mol. The highest BCUT2D eigenvalue weighted by atomic mass is 32.1. The number of aromatic nitrogens is 5. The van der Waals surface area contributed by atoms with Gasteiger partial charge < -0.3 is 20.7 Å². The van der Waals surface area contributed by atoms with Crippen molar-refractivity contribution in [3.63, 3.8) is 0 Å². The van der Waals surface area contributed by atoms with Crippen LogP contribution >= 0.6 is 11.3 Å². The maximum Gasteiger partial charge on any atom is 0.326 e. The normalized spacial score (nSPS) is 19.6. The number of amides is 1. The van der Waals surface area contributed by atoms with E-state index in [2.05, 4.69) is 15.1 Å². The maximum absolute atomic E-state index is 12.9. The number of nitrogens with zero attached hydrogens (tertiary/aromatic N) is 5. The summed E-state index contributed by atoms with van der Waals surface area (Å²) in [5.41, 5.74) is 7.57. The summed E-state index contributed by atoms with van der Waals surface area (Å²) in [5.74, 6) is -0.273. The van der Waals surface area contributed by atoms with Crippen LogP contribution in [0.4, 0.5) is 0 Å². The second-order valence-corrected chi connectivity index (χ2v) is 9.73. The Labute approximate surface area is 196 Å². The number of aromatic amines is 2. The first kappa shape index (κ1) is 20.8. The predicted octanol–water partition coefficient (Wildman–Crippen LogP) is -0.0362. The fraction of sp³-hybridized carbons (Fsp3) is 0.318. The zero-order chi connectivity index (χ0) is 23.4. The van der Waals surface area contributed by atoms with Gasteiger partial charge in [-0.1, -0.05) is 0 Å². The first-order chi connectivity index (χ1) is 16.4. The van der Waals surface area contributed by atoms with Gasteiger partial charge in [0.1, 0.15) is 5.69 Å². The van der Waals surface area contributed by atoms with Gasteiger partial charge in [-0.25, -0.2) is 9.78 Å². The van der Waals surface area contributed by atoms with E-state index in [1.165, 1.54) is 11.3 Å². The van der Waals surface area contributed by atoms with E-state index in [0.717, 1.165) is 24.1 Å². The van der Waals surface area contributed by atoms with E-state index >= 15 is 0 Å². The van der Waals surface area contributed by atoms with Crippen LogP contribution < -0.4 is 22.1 Å². The number of nitrogens with one attached hydrogen (secondary N) is 2. The van der Waals surface area contributed by atoms with Crippen LogP contribution in [0.5, 0.6) is 5.88 Å². The average Bonchev–Trinajstić information content (AvgIpc) is 3.18. The van der Waals surface area contributed by atoms with Gasteiger partial charge in [-0.2, -0.15) is 9.61 Å². The van der Waals surface area contributed by atoms with Crippen molar-refractivity contribution in [2.24, 2.45) is 10.7 Å². The average molecular weight is 479 g/mol. The summed E-state index contributed by atoms with van der Waals surface area (Å²) in [4.78, 5) is 42.1. The van der Waals surface area contributed by atoms with E-state index in [9.17, 15) is 14.7 Å². The SMILES string of the molecule is NC1CCN(C(=O)c2ccc(-c3cc(=NC4CC4)n4nc/c(=C\c5[nH]c(=O)[nH]c5O)c4n3)s2)C1. The van der Waals surface area contributed by atoms with Gasteiger partial charge in [0.25, 0.3) is 5.91 Å². The molecule has 5 N–H and O–H groups in total. The highest BCUT2D eigenvalue weighted by Gasteiger charge is 2.26. The first-order valence-corrected chi connectivity index (χ1v) is 11.9. The molecule has 1 atom stereocenters. The van der Waals surface area contributed by atoms with Gasteiger partial charge in [-0.3, -0.25) is 14.8 Å². The van der Waals surface area contributed by atoms with Crippen LogP contribution in [0, 0.1) is 0 Å². The van der Waals surface area contributed by atoms with Crippen molar-refractivity contribution in [1.82, 2.24) is 29.5 Å². The number of H-pyrrole nitrogens is 2. The molecule has 0 bridgehead atoms. The zero-order valence-corrected chi connectivity index (χ0v) is 18.9. The number of carbonyl (C=O) groups excluding carboxylic acids is 1. The van der Waals surface area contributed by atoms with Gasteiger partial charge in [0.2, 0.25) is 5.88 Å². The van der Waals surface area contributed by atoms with E-state index in [4.69, 9.17) is 15.7 Å². The Morgan fingerprint density at radius 3 is 2.85 bits per heavy atom. The Morgan fingerprint density at radius 2 is 2.15 bits per heavy atom. The number of thiophene rings is 1. The van der Waals surface area contributed by atoms with Crippen LogP contribution in [0.25, 0.3) is 22.3 Å². The lowest BCUT2D eigenvalue weighted by Gasteiger charge is -2.14. The summed E-state index contributed by atoms with van der Waals surface area (Å²) >= 11 is 1.38. The Balaban J connectivity index is 1.46. The molecule has 1 aliphatic carbocycles. The van der Waals surface area contributed by atoms with Crippen molar-refractivity contribution in [2.45, 2.75) is 31.3 Å². The minimum atomic E-state index is -0.506. The Morgan fingerprint density at radius 1 is 1.29 bits per heavy atom. The number of fused-ring (bicyclic) bond motifs is 1. The third-order valence-corrected chi connectivity index (χ3v) is 7.05. The molecule has 6 rings (SSSR count). The van der Waals surface area contributed by atoms with Gasteiger partial charge in [-0.15, -0.1) is 11.3 Å². The maximum atomic E-state index is 12.9. The molecule has 1 aliphatic heterocycles. The molecule has 4 aromatic rings. The Kier molecular flexibility index (Phi) is 4.85. The molecular formula is C22H22N8O3S. The van der Waals surface area contributed by atoms with E-state index in [1.54, 1.807) is 21.7 Å². The van der Waals surface area contributed by atoms with E-state index in [-0.39, 0.29) is 29.6 Å². The molecule has 11 nitrogen and oxygen atoms in total. The van der Waals surface area contributed by atoms with Crippen molar-refractivity contribution >= 4 is 29.0 Å². The van der Waals surface area contributed by atoms with Gasteiger partial charge in [0.05, 0.1) is 27.7 Å². The van der Waals surface area contributed by atoms with Gasteiger partial charge in [0.15, 0.2) is 11.1 Å². The number of hydrogen-bond donors (Lipinski definition) is 4. The van der Waals surface area contributed by atoms with Crippen molar-refractivity contribution < 1.29 is 9.90 Å². The Hall–Kier alpha value is -3.77. The van der Waals surface area contributed by atoms with Crippen LogP contribution in [0.15, 0.2) is 34.2 Å². The van der Waals surface area contributed by atoms with Crippen LogP contribution in [-0.4, -0.2) is 65.7 Å². The van der Waals surface area contributed by atoms with Crippen LogP contribution in [0.3, 0.4) is 0 Å². The largest absolute Gasteiger partial charge is 0.493 e. The molecule has 0 aromatic carbocycles.